The Morgan fingerprint density at radius 3 is 2.75 bits per heavy atom. The highest BCUT2D eigenvalue weighted by molar-refractivity contribution is 8.00. The number of benzene rings is 1. The Morgan fingerprint density at radius 1 is 1.28 bits per heavy atom. The van der Waals surface area contributed by atoms with E-state index in [1.807, 2.05) is 6.92 Å². The molecular formula is C23H22N6OS2. The van der Waals surface area contributed by atoms with E-state index in [9.17, 15) is 10.1 Å². The normalized spacial score (nSPS) is 11.9. The molecule has 0 spiro atoms. The molecule has 1 atom stereocenters. The van der Waals surface area contributed by atoms with Crippen LogP contribution in [0.3, 0.4) is 0 Å². The number of fused-ring (bicyclic) bond motifs is 1. The molecule has 0 aliphatic heterocycles. The van der Waals surface area contributed by atoms with E-state index in [1.54, 1.807) is 24.7 Å². The molecule has 0 radical (unpaired) electrons. The summed E-state index contributed by atoms with van der Waals surface area (Å²) >= 11 is 2.99. The summed E-state index contributed by atoms with van der Waals surface area (Å²) in [7, 11) is 1.69. The average Bonchev–Trinajstić information content (AvgIpc) is 3.41. The van der Waals surface area contributed by atoms with Gasteiger partial charge in [-0.05, 0) is 24.0 Å². The standard InChI is InChI=1S/C23H22N6OS2/c1-4-14-6-8-15(9-7-14)17-12-31-22-19(17)23(26-13-25-22)32-18(5-2)21(30)28-20-16(10-24)11-27-29(20)3/h6-9,11-13,18H,4-5H2,1-3H3,(H,28,30). The summed E-state index contributed by atoms with van der Waals surface area (Å²) in [6.45, 7) is 4.10. The molecule has 0 saturated heterocycles. The number of thioether (sulfide) groups is 1. The van der Waals surface area contributed by atoms with Crippen LogP contribution in [0, 0.1) is 11.3 Å². The Balaban J connectivity index is 1.65. The van der Waals surface area contributed by atoms with Gasteiger partial charge in [0.2, 0.25) is 5.91 Å². The summed E-state index contributed by atoms with van der Waals surface area (Å²) in [6.07, 6.45) is 4.59. The van der Waals surface area contributed by atoms with Crippen LogP contribution in [0.4, 0.5) is 5.82 Å². The lowest BCUT2D eigenvalue weighted by molar-refractivity contribution is -0.115. The second kappa shape index (κ2) is 9.51. The zero-order chi connectivity index (χ0) is 22.7. The number of nitrogens with one attached hydrogen (secondary N) is 1. The predicted molar refractivity (Wildman–Crippen MR) is 129 cm³/mol. The first kappa shape index (κ1) is 22.0. The van der Waals surface area contributed by atoms with E-state index in [1.165, 1.54) is 28.2 Å². The van der Waals surface area contributed by atoms with Crippen molar-refractivity contribution in [3.05, 3.63) is 53.3 Å². The maximum Gasteiger partial charge on any atom is 0.239 e. The van der Waals surface area contributed by atoms with Gasteiger partial charge >= 0.3 is 0 Å². The molecule has 4 aromatic rings. The zero-order valence-corrected chi connectivity index (χ0v) is 19.6. The van der Waals surface area contributed by atoms with Crippen LogP contribution in [-0.4, -0.2) is 30.9 Å². The van der Waals surface area contributed by atoms with E-state index in [4.69, 9.17) is 0 Å². The first-order chi connectivity index (χ1) is 15.5. The summed E-state index contributed by atoms with van der Waals surface area (Å²) in [5.74, 6) is 0.213. The average molecular weight is 463 g/mol. The van der Waals surface area contributed by atoms with E-state index in [0.717, 1.165) is 32.8 Å². The molecule has 1 amide bonds. The summed E-state index contributed by atoms with van der Waals surface area (Å²) in [5.41, 5.74) is 3.80. The van der Waals surface area contributed by atoms with Gasteiger partial charge in [-0.25, -0.2) is 9.97 Å². The molecule has 32 heavy (non-hydrogen) atoms. The van der Waals surface area contributed by atoms with Crippen LogP contribution in [0.15, 0.2) is 47.2 Å². The SMILES string of the molecule is CCc1ccc(-c2csc3ncnc(SC(CC)C(=O)Nc4c(C#N)cnn4C)c23)cc1. The highest BCUT2D eigenvalue weighted by atomic mass is 32.2. The van der Waals surface area contributed by atoms with Crippen molar-refractivity contribution in [1.29, 1.82) is 5.26 Å². The van der Waals surface area contributed by atoms with E-state index < -0.39 is 0 Å². The quantitative estimate of drug-likeness (QED) is 0.305. The number of anilines is 1. The molecule has 0 aliphatic rings. The number of carbonyl (C=O) groups excluding carboxylic acids is 1. The first-order valence-electron chi connectivity index (χ1n) is 10.3. The second-order valence-electron chi connectivity index (χ2n) is 7.21. The Labute approximate surface area is 194 Å². The van der Waals surface area contributed by atoms with Crippen LogP contribution in [0.1, 0.15) is 31.4 Å². The number of aryl methyl sites for hydroxylation is 2. The van der Waals surface area contributed by atoms with Crippen molar-refractivity contribution in [2.75, 3.05) is 5.32 Å². The fraction of sp³-hybridized carbons (Fsp3) is 0.261. The number of nitrogens with zero attached hydrogens (tertiary/aromatic N) is 5. The fourth-order valence-corrected chi connectivity index (χ4v) is 5.41. The predicted octanol–water partition coefficient (Wildman–Crippen LogP) is 5.04. The highest BCUT2D eigenvalue weighted by Gasteiger charge is 2.24. The third kappa shape index (κ3) is 4.24. The van der Waals surface area contributed by atoms with Crippen molar-refractivity contribution in [3.8, 4) is 17.2 Å². The van der Waals surface area contributed by atoms with E-state index in [0.29, 0.717) is 17.8 Å². The van der Waals surface area contributed by atoms with Crippen molar-refractivity contribution >= 4 is 45.0 Å². The number of carbonyl (C=O) groups is 1. The smallest absolute Gasteiger partial charge is 0.239 e. The summed E-state index contributed by atoms with van der Waals surface area (Å²) in [5, 5.41) is 19.6. The minimum Gasteiger partial charge on any atom is -0.309 e. The molecule has 1 aromatic carbocycles. The number of nitriles is 1. The molecule has 1 N–H and O–H groups in total. The largest absolute Gasteiger partial charge is 0.309 e. The lowest BCUT2D eigenvalue weighted by atomic mass is 10.0. The minimum atomic E-state index is -0.384. The monoisotopic (exact) mass is 462 g/mol. The van der Waals surface area contributed by atoms with Gasteiger partial charge in [0.25, 0.3) is 0 Å². The van der Waals surface area contributed by atoms with Gasteiger partial charge in [0.1, 0.15) is 33.6 Å². The molecule has 7 nitrogen and oxygen atoms in total. The van der Waals surface area contributed by atoms with Gasteiger partial charge in [0.15, 0.2) is 0 Å². The molecule has 3 aromatic heterocycles. The summed E-state index contributed by atoms with van der Waals surface area (Å²) < 4.78 is 1.49. The molecule has 0 bridgehead atoms. The van der Waals surface area contributed by atoms with Crippen LogP contribution in [0.5, 0.6) is 0 Å². The number of aromatic nitrogens is 4. The molecule has 1 unspecified atom stereocenters. The van der Waals surface area contributed by atoms with Gasteiger partial charge in [-0.15, -0.1) is 11.3 Å². The van der Waals surface area contributed by atoms with Crippen molar-refractivity contribution in [2.24, 2.45) is 7.05 Å². The van der Waals surface area contributed by atoms with Gasteiger partial charge < -0.3 is 5.32 Å². The van der Waals surface area contributed by atoms with Gasteiger partial charge in [-0.3, -0.25) is 9.48 Å². The highest BCUT2D eigenvalue weighted by Crippen LogP contribution is 2.39. The fourth-order valence-electron chi connectivity index (χ4n) is 3.39. The Kier molecular flexibility index (Phi) is 6.53. The number of rotatable bonds is 7. The maximum absolute atomic E-state index is 13.0. The second-order valence-corrected chi connectivity index (χ2v) is 9.25. The van der Waals surface area contributed by atoms with Crippen LogP contribution >= 0.6 is 23.1 Å². The Hall–Kier alpha value is -3.22. The number of hydrogen-bond acceptors (Lipinski definition) is 7. The van der Waals surface area contributed by atoms with Crippen LogP contribution in [0.2, 0.25) is 0 Å². The lowest BCUT2D eigenvalue weighted by Gasteiger charge is -2.15. The van der Waals surface area contributed by atoms with E-state index in [2.05, 4.69) is 63.0 Å². The topological polar surface area (TPSA) is 96.5 Å². The molecular weight excluding hydrogens is 440 g/mol. The Bertz CT molecular complexity index is 1300. The van der Waals surface area contributed by atoms with Gasteiger partial charge in [0.05, 0.1) is 16.8 Å². The van der Waals surface area contributed by atoms with E-state index >= 15 is 0 Å². The number of amides is 1. The van der Waals surface area contributed by atoms with Gasteiger partial charge in [-0.1, -0.05) is 49.9 Å². The lowest BCUT2D eigenvalue weighted by Crippen LogP contribution is -2.26. The van der Waals surface area contributed by atoms with Crippen LogP contribution in [-0.2, 0) is 18.3 Å². The minimum absolute atomic E-state index is 0.187. The summed E-state index contributed by atoms with van der Waals surface area (Å²) in [6, 6.07) is 10.6. The third-order valence-corrected chi connectivity index (χ3v) is 7.48. The van der Waals surface area contributed by atoms with Crippen LogP contribution in [0.25, 0.3) is 21.3 Å². The van der Waals surface area contributed by atoms with Crippen molar-refractivity contribution in [3.63, 3.8) is 0 Å². The molecule has 3 heterocycles. The zero-order valence-electron chi connectivity index (χ0n) is 18.0. The molecule has 4 rings (SSSR count). The summed E-state index contributed by atoms with van der Waals surface area (Å²) in [4.78, 5) is 22.9. The first-order valence-corrected chi connectivity index (χ1v) is 12.0. The van der Waals surface area contributed by atoms with Gasteiger partial charge in [-0.2, -0.15) is 10.4 Å². The van der Waals surface area contributed by atoms with Crippen molar-refractivity contribution < 1.29 is 4.79 Å². The van der Waals surface area contributed by atoms with Crippen LogP contribution < -0.4 is 5.32 Å². The molecule has 9 heteroatoms. The molecule has 162 valence electrons. The van der Waals surface area contributed by atoms with Crippen molar-refractivity contribution in [1.82, 2.24) is 19.7 Å². The third-order valence-electron chi connectivity index (χ3n) is 5.23. The molecule has 0 aliphatic carbocycles. The van der Waals surface area contributed by atoms with Crippen molar-refractivity contribution in [2.45, 2.75) is 37.0 Å². The van der Waals surface area contributed by atoms with Gasteiger partial charge in [0, 0.05) is 18.0 Å². The maximum atomic E-state index is 13.0. The van der Waals surface area contributed by atoms with E-state index in [-0.39, 0.29) is 11.2 Å². The molecule has 0 fully saturated rings. The molecule has 0 saturated carbocycles. The number of hydrogen-bond donors (Lipinski definition) is 1. The number of thiophene rings is 1. The Morgan fingerprint density at radius 2 is 2.06 bits per heavy atom.